The summed E-state index contributed by atoms with van der Waals surface area (Å²) >= 11 is 0. The molecule has 0 saturated carbocycles. The molecule has 2 rings (SSSR count). The number of nitrogens with zero attached hydrogens (tertiary/aromatic N) is 2. The molecule has 0 radical (unpaired) electrons. The number of aromatic nitrogens is 1. The van der Waals surface area contributed by atoms with Gasteiger partial charge in [0.05, 0.1) is 11.5 Å². The Bertz CT molecular complexity index is 673. The number of nitro groups is 1. The average Bonchev–Trinajstić information content (AvgIpc) is 2.53. The van der Waals surface area contributed by atoms with Gasteiger partial charge in [-0.05, 0) is 12.5 Å². The summed E-state index contributed by atoms with van der Waals surface area (Å²) in [6, 6.07) is 11.9. The molecule has 114 valence electrons. The largest absolute Gasteiger partial charge is 0.473 e. The van der Waals surface area contributed by atoms with Crippen molar-refractivity contribution in [1.82, 2.24) is 4.98 Å². The molecule has 1 aromatic carbocycles. The zero-order chi connectivity index (χ0) is 15.9. The number of carbonyl (C=O) groups excluding carboxylic acids is 1. The summed E-state index contributed by atoms with van der Waals surface area (Å²) < 4.78 is 10.2. The fraction of sp³-hybridized carbons (Fsp3) is 0.200. The number of hydrogen-bond donors (Lipinski definition) is 0. The maximum Gasteiger partial charge on any atom is 0.364 e. The van der Waals surface area contributed by atoms with Crippen LogP contribution in [-0.4, -0.2) is 22.5 Å². The fourth-order valence-corrected chi connectivity index (χ4v) is 1.74. The van der Waals surface area contributed by atoms with E-state index in [-0.39, 0.29) is 24.8 Å². The molecule has 7 heteroatoms. The fourth-order valence-electron chi connectivity index (χ4n) is 1.74. The van der Waals surface area contributed by atoms with Crippen LogP contribution >= 0.6 is 0 Å². The van der Waals surface area contributed by atoms with Crippen molar-refractivity contribution in [1.29, 1.82) is 0 Å². The highest BCUT2D eigenvalue weighted by molar-refractivity contribution is 5.91. The van der Waals surface area contributed by atoms with Gasteiger partial charge < -0.3 is 9.47 Å². The number of hydrogen-bond acceptors (Lipinski definition) is 6. The molecule has 0 saturated heterocycles. The van der Waals surface area contributed by atoms with E-state index in [0.29, 0.717) is 0 Å². The van der Waals surface area contributed by atoms with Crippen LogP contribution in [0.2, 0.25) is 0 Å². The number of esters is 1. The lowest BCUT2D eigenvalue weighted by Crippen LogP contribution is -2.11. The summed E-state index contributed by atoms with van der Waals surface area (Å²) in [5, 5.41) is 10.9. The molecule has 1 aromatic heterocycles. The van der Waals surface area contributed by atoms with E-state index in [0.717, 1.165) is 5.56 Å². The van der Waals surface area contributed by atoms with Crippen LogP contribution < -0.4 is 4.74 Å². The van der Waals surface area contributed by atoms with Crippen molar-refractivity contribution in [2.45, 2.75) is 13.5 Å². The minimum absolute atomic E-state index is 0.104. The standard InChI is InChI=1S/C15H14N2O5/c1-2-21-15(18)14-12(17(19)20)8-9-13(16-14)22-10-11-6-4-3-5-7-11/h3-9H,2,10H2,1H3. The van der Waals surface area contributed by atoms with E-state index in [1.54, 1.807) is 6.92 Å². The molecule has 0 aliphatic carbocycles. The Balaban J connectivity index is 2.20. The van der Waals surface area contributed by atoms with Crippen LogP contribution in [0.25, 0.3) is 0 Å². The highest BCUT2D eigenvalue weighted by atomic mass is 16.6. The van der Waals surface area contributed by atoms with Gasteiger partial charge in [-0.3, -0.25) is 10.1 Å². The van der Waals surface area contributed by atoms with Crippen molar-refractivity contribution in [3.8, 4) is 5.88 Å². The second-order valence-electron chi connectivity index (χ2n) is 4.27. The second kappa shape index (κ2) is 7.16. The van der Waals surface area contributed by atoms with E-state index >= 15 is 0 Å². The molecule has 0 bridgehead atoms. The van der Waals surface area contributed by atoms with Crippen LogP contribution in [0.4, 0.5) is 5.69 Å². The first-order valence-corrected chi connectivity index (χ1v) is 6.61. The first-order valence-electron chi connectivity index (χ1n) is 6.61. The van der Waals surface area contributed by atoms with Gasteiger partial charge >= 0.3 is 11.7 Å². The zero-order valence-corrected chi connectivity index (χ0v) is 11.9. The lowest BCUT2D eigenvalue weighted by molar-refractivity contribution is -0.385. The third kappa shape index (κ3) is 3.78. The van der Waals surface area contributed by atoms with E-state index in [9.17, 15) is 14.9 Å². The number of rotatable bonds is 6. The van der Waals surface area contributed by atoms with Gasteiger partial charge in [-0.25, -0.2) is 4.79 Å². The van der Waals surface area contributed by atoms with Gasteiger partial charge in [0.15, 0.2) is 0 Å². The Labute approximate surface area is 126 Å². The summed E-state index contributed by atoms with van der Waals surface area (Å²) in [4.78, 5) is 25.9. The summed E-state index contributed by atoms with van der Waals surface area (Å²) in [7, 11) is 0. The normalized spacial score (nSPS) is 10.0. The molecule has 0 N–H and O–H groups in total. The van der Waals surface area contributed by atoms with Crippen LogP contribution in [0.1, 0.15) is 23.0 Å². The molecule has 7 nitrogen and oxygen atoms in total. The summed E-state index contributed by atoms with van der Waals surface area (Å²) in [5.41, 5.74) is 0.142. The van der Waals surface area contributed by atoms with Gasteiger partial charge in [-0.15, -0.1) is 0 Å². The van der Waals surface area contributed by atoms with Crippen LogP contribution in [0, 0.1) is 10.1 Å². The molecule has 0 spiro atoms. The predicted octanol–water partition coefficient (Wildman–Crippen LogP) is 2.75. The predicted molar refractivity (Wildman–Crippen MR) is 77.6 cm³/mol. The molecule has 1 heterocycles. The molecule has 0 atom stereocenters. The van der Waals surface area contributed by atoms with Gasteiger partial charge in [0.1, 0.15) is 6.61 Å². The van der Waals surface area contributed by atoms with Gasteiger partial charge in [-0.2, -0.15) is 4.98 Å². The molecule has 0 fully saturated rings. The maximum absolute atomic E-state index is 11.8. The Morgan fingerprint density at radius 1 is 1.23 bits per heavy atom. The lowest BCUT2D eigenvalue weighted by atomic mass is 10.2. The van der Waals surface area contributed by atoms with Crippen LogP contribution in [-0.2, 0) is 11.3 Å². The van der Waals surface area contributed by atoms with Gasteiger partial charge in [-0.1, -0.05) is 30.3 Å². The van der Waals surface area contributed by atoms with Gasteiger partial charge in [0.2, 0.25) is 11.6 Å². The van der Waals surface area contributed by atoms with Crippen molar-refractivity contribution in [2.75, 3.05) is 6.61 Å². The van der Waals surface area contributed by atoms with E-state index < -0.39 is 16.6 Å². The molecule has 0 unspecified atom stereocenters. The number of ether oxygens (including phenoxy) is 2. The summed E-state index contributed by atoms with van der Waals surface area (Å²) in [6.45, 7) is 1.96. The molecule has 0 aliphatic heterocycles. The molecule has 2 aromatic rings. The highest BCUT2D eigenvalue weighted by Crippen LogP contribution is 2.21. The van der Waals surface area contributed by atoms with E-state index in [2.05, 4.69) is 4.98 Å². The first kappa shape index (κ1) is 15.4. The topological polar surface area (TPSA) is 91.6 Å². The summed E-state index contributed by atoms with van der Waals surface area (Å²) in [6.07, 6.45) is 0. The van der Waals surface area contributed by atoms with Crippen LogP contribution in [0.5, 0.6) is 5.88 Å². The molecular weight excluding hydrogens is 288 g/mol. The Kier molecular flexibility index (Phi) is 5.02. The lowest BCUT2D eigenvalue weighted by Gasteiger charge is -2.07. The van der Waals surface area contributed by atoms with E-state index in [1.807, 2.05) is 30.3 Å². The van der Waals surface area contributed by atoms with E-state index in [1.165, 1.54) is 12.1 Å². The molecule has 0 aliphatic rings. The third-order valence-corrected chi connectivity index (χ3v) is 2.74. The quantitative estimate of drug-likeness (QED) is 0.463. The minimum atomic E-state index is -0.848. The van der Waals surface area contributed by atoms with Crippen molar-refractivity contribution in [3.05, 3.63) is 63.8 Å². The molecule has 22 heavy (non-hydrogen) atoms. The van der Waals surface area contributed by atoms with Crippen LogP contribution in [0.3, 0.4) is 0 Å². The maximum atomic E-state index is 11.8. The second-order valence-corrected chi connectivity index (χ2v) is 4.27. The highest BCUT2D eigenvalue weighted by Gasteiger charge is 2.24. The van der Waals surface area contributed by atoms with Crippen molar-refractivity contribution in [3.63, 3.8) is 0 Å². The SMILES string of the molecule is CCOC(=O)c1nc(OCc2ccccc2)ccc1[N+](=O)[O-]. The Morgan fingerprint density at radius 3 is 2.59 bits per heavy atom. The van der Waals surface area contributed by atoms with Crippen molar-refractivity contribution < 1.29 is 19.2 Å². The van der Waals surface area contributed by atoms with E-state index in [4.69, 9.17) is 9.47 Å². The van der Waals surface area contributed by atoms with Gasteiger partial charge in [0.25, 0.3) is 0 Å². The molecule has 0 amide bonds. The number of carbonyl (C=O) groups is 1. The first-order chi connectivity index (χ1) is 10.6. The number of benzene rings is 1. The van der Waals surface area contributed by atoms with Crippen LogP contribution in [0.15, 0.2) is 42.5 Å². The average molecular weight is 302 g/mol. The van der Waals surface area contributed by atoms with Crippen molar-refractivity contribution in [2.24, 2.45) is 0 Å². The number of pyridine rings is 1. The molecular formula is C15H14N2O5. The Morgan fingerprint density at radius 2 is 1.95 bits per heavy atom. The monoisotopic (exact) mass is 302 g/mol. The smallest absolute Gasteiger partial charge is 0.364 e. The van der Waals surface area contributed by atoms with Gasteiger partial charge in [0, 0.05) is 12.1 Å². The summed E-state index contributed by atoms with van der Waals surface area (Å²) in [5.74, 6) is -0.725. The Hall–Kier alpha value is -2.96. The van der Waals surface area contributed by atoms with Crippen molar-refractivity contribution >= 4 is 11.7 Å². The third-order valence-electron chi connectivity index (χ3n) is 2.74. The minimum Gasteiger partial charge on any atom is -0.473 e. The zero-order valence-electron chi connectivity index (χ0n) is 11.9.